The standard InChI is InChI=1S/C13H13N3OS/c1-8-3-4-9(2)11(5-8)17-12-7-15-10(6-16-12)13(14)18/h3-7H,1-2H3,(H2,14,18). The van der Waals surface area contributed by atoms with E-state index in [0.717, 1.165) is 16.9 Å². The van der Waals surface area contributed by atoms with E-state index in [4.69, 9.17) is 22.7 Å². The van der Waals surface area contributed by atoms with Crippen LogP contribution in [0.2, 0.25) is 0 Å². The third-order valence-corrected chi connectivity index (χ3v) is 2.65. The number of aryl methyl sites for hydroxylation is 2. The molecule has 1 heterocycles. The first-order valence-electron chi connectivity index (χ1n) is 5.43. The van der Waals surface area contributed by atoms with Crippen molar-refractivity contribution in [3.8, 4) is 11.6 Å². The van der Waals surface area contributed by atoms with Crippen molar-refractivity contribution >= 4 is 17.2 Å². The van der Waals surface area contributed by atoms with Crippen LogP contribution in [0.5, 0.6) is 11.6 Å². The summed E-state index contributed by atoms with van der Waals surface area (Å²) >= 11 is 4.81. The van der Waals surface area contributed by atoms with Crippen LogP contribution < -0.4 is 10.5 Å². The lowest BCUT2D eigenvalue weighted by molar-refractivity contribution is 0.456. The van der Waals surface area contributed by atoms with E-state index in [-0.39, 0.29) is 4.99 Å². The summed E-state index contributed by atoms with van der Waals surface area (Å²) in [6, 6.07) is 5.99. The molecule has 2 rings (SSSR count). The van der Waals surface area contributed by atoms with Crippen LogP contribution in [0.1, 0.15) is 16.8 Å². The summed E-state index contributed by atoms with van der Waals surface area (Å²) < 4.78 is 5.67. The Morgan fingerprint density at radius 2 is 2.00 bits per heavy atom. The molecular weight excluding hydrogens is 246 g/mol. The zero-order valence-corrected chi connectivity index (χ0v) is 11.0. The molecule has 0 radical (unpaired) electrons. The Balaban J connectivity index is 2.23. The SMILES string of the molecule is Cc1ccc(C)c(Oc2cnc(C(N)=S)cn2)c1. The number of benzene rings is 1. The quantitative estimate of drug-likeness (QED) is 0.858. The maximum absolute atomic E-state index is 5.67. The summed E-state index contributed by atoms with van der Waals surface area (Å²) in [6.07, 6.45) is 3.01. The molecular formula is C13H13N3OS. The minimum Gasteiger partial charge on any atom is -0.437 e. The highest BCUT2D eigenvalue weighted by Gasteiger charge is 2.04. The Kier molecular flexibility index (Phi) is 3.53. The zero-order chi connectivity index (χ0) is 13.1. The molecule has 0 aliphatic carbocycles. The van der Waals surface area contributed by atoms with Gasteiger partial charge in [0.25, 0.3) is 0 Å². The van der Waals surface area contributed by atoms with Gasteiger partial charge in [0, 0.05) is 0 Å². The second kappa shape index (κ2) is 5.10. The average molecular weight is 259 g/mol. The Morgan fingerprint density at radius 3 is 2.61 bits per heavy atom. The van der Waals surface area contributed by atoms with Gasteiger partial charge >= 0.3 is 0 Å². The van der Waals surface area contributed by atoms with Crippen molar-refractivity contribution in [2.45, 2.75) is 13.8 Å². The number of hydrogen-bond donors (Lipinski definition) is 1. The number of rotatable bonds is 3. The second-order valence-corrected chi connectivity index (χ2v) is 4.41. The Morgan fingerprint density at radius 1 is 1.22 bits per heavy atom. The van der Waals surface area contributed by atoms with Gasteiger partial charge in [0.2, 0.25) is 5.88 Å². The fourth-order valence-electron chi connectivity index (χ4n) is 1.43. The first-order chi connectivity index (χ1) is 8.56. The van der Waals surface area contributed by atoms with Gasteiger partial charge in [-0.25, -0.2) is 9.97 Å². The molecule has 0 amide bonds. The lowest BCUT2D eigenvalue weighted by Gasteiger charge is -2.08. The van der Waals surface area contributed by atoms with Gasteiger partial charge in [-0.15, -0.1) is 0 Å². The molecule has 0 spiro atoms. The van der Waals surface area contributed by atoms with Crippen LogP contribution in [0.4, 0.5) is 0 Å². The monoisotopic (exact) mass is 259 g/mol. The van der Waals surface area contributed by atoms with Crippen LogP contribution in [0.25, 0.3) is 0 Å². The highest BCUT2D eigenvalue weighted by Crippen LogP contribution is 2.24. The molecule has 0 aliphatic rings. The van der Waals surface area contributed by atoms with Gasteiger partial charge in [0.15, 0.2) is 0 Å². The number of nitrogens with zero attached hydrogens (tertiary/aromatic N) is 2. The Hall–Kier alpha value is -2.01. The van der Waals surface area contributed by atoms with Gasteiger partial charge in [-0.05, 0) is 31.0 Å². The molecule has 92 valence electrons. The van der Waals surface area contributed by atoms with Gasteiger partial charge < -0.3 is 10.5 Å². The van der Waals surface area contributed by atoms with E-state index in [9.17, 15) is 0 Å². The number of ether oxygens (including phenoxy) is 1. The van der Waals surface area contributed by atoms with Crippen LogP contribution in [0, 0.1) is 13.8 Å². The number of hydrogen-bond acceptors (Lipinski definition) is 4. The summed E-state index contributed by atoms with van der Waals surface area (Å²) in [4.78, 5) is 8.41. The fourth-order valence-corrected chi connectivity index (χ4v) is 1.53. The Labute approximate surface area is 111 Å². The van der Waals surface area contributed by atoms with E-state index in [2.05, 4.69) is 9.97 Å². The van der Waals surface area contributed by atoms with Crippen LogP contribution in [-0.2, 0) is 0 Å². The van der Waals surface area contributed by atoms with Gasteiger partial charge in [0.1, 0.15) is 16.4 Å². The van der Waals surface area contributed by atoms with Crippen molar-refractivity contribution < 1.29 is 4.74 Å². The lowest BCUT2D eigenvalue weighted by atomic mass is 10.1. The van der Waals surface area contributed by atoms with Crippen LogP contribution >= 0.6 is 12.2 Å². The Bertz CT molecular complexity index is 581. The summed E-state index contributed by atoms with van der Waals surface area (Å²) in [7, 11) is 0. The summed E-state index contributed by atoms with van der Waals surface area (Å²) in [5, 5.41) is 0. The smallest absolute Gasteiger partial charge is 0.237 e. The molecule has 18 heavy (non-hydrogen) atoms. The highest BCUT2D eigenvalue weighted by molar-refractivity contribution is 7.80. The van der Waals surface area contributed by atoms with Gasteiger partial charge in [-0.2, -0.15) is 0 Å². The van der Waals surface area contributed by atoms with Crippen LogP contribution in [0.15, 0.2) is 30.6 Å². The normalized spacial score (nSPS) is 10.1. The predicted octanol–water partition coefficient (Wildman–Crippen LogP) is 2.52. The van der Waals surface area contributed by atoms with Gasteiger partial charge in [-0.3, -0.25) is 0 Å². The maximum Gasteiger partial charge on any atom is 0.237 e. The molecule has 2 N–H and O–H groups in total. The molecule has 2 aromatic rings. The van der Waals surface area contributed by atoms with E-state index in [1.165, 1.54) is 12.4 Å². The molecule has 4 nitrogen and oxygen atoms in total. The van der Waals surface area contributed by atoms with Gasteiger partial charge in [-0.1, -0.05) is 24.4 Å². The molecule has 0 saturated carbocycles. The third kappa shape index (κ3) is 2.81. The van der Waals surface area contributed by atoms with Crippen molar-refractivity contribution in [3.63, 3.8) is 0 Å². The highest BCUT2D eigenvalue weighted by atomic mass is 32.1. The zero-order valence-electron chi connectivity index (χ0n) is 10.2. The maximum atomic E-state index is 5.67. The van der Waals surface area contributed by atoms with Crippen molar-refractivity contribution in [1.29, 1.82) is 0 Å². The van der Waals surface area contributed by atoms with Crippen molar-refractivity contribution in [1.82, 2.24) is 9.97 Å². The van der Waals surface area contributed by atoms with E-state index in [1.807, 2.05) is 32.0 Å². The minimum absolute atomic E-state index is 0.223. The molecule has 0 saturated heterocycles. The average Bonchev–Trinajstić information content (AvgIpc) is 2.34. The van der Waals surface area contributed by atoms with E-state index < -0.39 is 0 Å². The largest absolute Gasteiger partial charge is 0.437 e. The van der Waals surface area contributed by atoms with Crippen LogP contribution in [-0.4, -0.2) is 15.0 Å². The molecule has 1 aromatic heterocycles. The predicted molar refractivity (Wildman–Crippen MR) is 73.9 cm³/mol. The molecule has 0 unspecified atom stereocenters. The number of nitrogens with two attached hydrogens (primary N) is 1. The minimum atomic E-state index is 0.223. The first kappa shape index (κ1) is 12.4. The molecule has 0 bridgehead atoms. The van der Waals surface area contributed by atoms with E-state index in [1.54, 1.807) is 0 Å². The third-order valence-electron chi connectivity index (χ3n) is 2.44. The molecule has 0 atom stereocenters. The van der Waals surface area contributed by atoms with Crippen molar-refractivity contribution in [3.05, 3.63) is 47.4 Å². The van der Waals surface area contributed by atoms with Crippen molar-refractivity contribution in [2.75, 3.05) is 0 Å². The summed E-state index contributed by atoms with van der Waals surface area (Å²) in [5.41, 5.74) is 8.10. The molecule has 1 aromatic carbocycles. The lowest BCUT2D eigenvalue weighted by Crippen LogP contribution is -2.11. The summed E-state index contributed by atoms with van der Waals surface area (Å²) in [6.45, 7) is 3.99. The summed E-state index contributed by atoms with van der Waals surface area (Å²) in [5.74, 6) is 1.19. The first-order valence-corrected chi connectivity index (χ1v) is 5.84. The molecule has 0 aliphatic heterocycles. The number of thiocarbonyl (C=S) groups is 1. The van der Waals surface area contributed by atoms with Crippen molar-refractivity contribution in [2.24, 2.45) is 5.73 Å². The van der Waals surface area contributed by atoms with E-state index >= 15 is 0 Å². The number of aromatic nitrogens is 2. The van der Waals surface area contributed by atoms with Gasteiger partial charge in [0.05, 0.1) is 12.4 Å². The molecule has 5 heteroatoms. The fraction of sp³-hybridized carbons (Fsp3) is 0.154. The van der Waals surface area contributed by atoms with Crippen LogP contribution in [0.3, 0.4) is 0 Å². The topological polar surface area (TPSA) is 61.0 Å². The molecule has 0 fully saturated rings. The van der Waals surface area contributed by atoms with E-state index in [0.29, 0.717) is 11.6 Å². The second-order valence-electron chi connectivity index (χ2n) is 3.98.